The number of hydrogen-bond donors (Lipinski definition) is 2. The van der Waals surface area contributed by atoms with Crippen molar-refractivity contribution in [3.8, 4) is 0 Å². The molecular weight excluding hydrogens is 250 g/mol. The summed E-state index contributed by atoms with van der Waals surface area (Å²) in [4.78, 5) is 25.1. The van der Waals surface area contributed by atoms with Crippen LogP contribution in [0.25, 0.3) is 0 Å². The summed E-state index contributed by atoms with van der Waals surface area (Å²) in [6, 6.07) is 4.08. The zero-order valence-corrected chi connectivity index (χ0v) is 11.1. The van der Waals surface area contributed by atoms with Gasteiger partial charge >= 0.3 is 5.97 Å². The van der Waals surface area contributed by atoms with Crippen LogP contribution >= 0.6 is 11.3 Å². The molecule has 2 N–H and O–H groups in total. The van der Waals surface area contributed by atoms with E-state index in [-0.39, 0.29) is 11.8 Å². The molecule has 1 aromatic rings. The van der Waals surface area contributed by atoms with E-state index in [9.17, 15) is 9.59 Å². The van der Waals surface area contributed by atoms with Gasteiger partial charge in [0, 0.05) is 9.75 Å². The van der Waals surface area contributed by atoms with E-state index in [0.717, 1.165) is 11.3 Å². The average molecular weight is 267 g/mol. The Labute approximate surface area is 110 Å². The Morgan fingerprint density at radius 3 is 2.50 bits per heavy atom. The van der Waals surface area contributed by atoms with Crippen molar-refractivity contribution in [2.75, 3.05) is 0 Å². The predicted molar refractivity (Wildman–Crippen MR) is 69.4 cm³/mol. The molecule has 1 aromatic heterocycles. The van der Waals surface area contributed by atoms with Gasteiger partial charge in [0.1, 0.15) is 0 Å². The maximum absolute atomic E-state index is 11.8. The molecule has 1 aliphatic rings. The highest BCUT2D eigenvalue weighted by molar-refractivity contribution is 7.11. The lowest BCUT2D eigenvalue weighted by Gasteiger charge is -2.31. The first-order valence-corrected chi connectivity index (χ1v) is 7.01. The first-order valence-electron chi connectivity index (χ1n) is 6.20. The van der Waals surface area contributed by atoms with Gasteiger partial charge in [0.05, 0.1) is 18.4 Å². The Bertz CT molecular complexity index is 455. The Kier molecular flexibility index (Phi) is 4.01. The number of rotatable bonds is 5. The van der Waals surface area contributed by atoms with Gasteiger partial charge in [-0.25, -0.2) is 0 Å². The molecule has 0 aromatic carbocycles. The highest BCUT2D eigenvalue weighted by Gasteiger charge is 2.41. The van der Waals surface area contributed by atoms with Crippen LogP contribution in [0, 0.1) is 11.8 Å². The molecule has 0 bridgehead atoms. The van der Waals surface area contributed by atoms with E-state index in [2.05, 4.69) is 18.3 Å². The van der Waals surface area contributed by atoms with Gasteiger partial charge in [-0.3, -0.25) is 9.59 Å². The molecule has 2 unspecified atom stereocenters. The van der Waals surface area contributed by atoms with Crippen LogP contribution in [0.5, 0.6) is 0 Å². The molecule has 1 amide bonds. The third-order valence-electron chi connectivity index (χ3n) is 3.43. The Morgan fingerprint density at radius 2 is 2.00 bits per heavy atom. The van der Waals surface area contributed by atoms with Crippen LogP contribution in [0.15, 0.2) is 12.1 Å². The number of carboxylic acid groups (broad SMARTS) is 1. The van der Waals surface area contributed by atoms with Gasteiger partial charge in [0.2, 0.25) is 5.91 Å². The van der Waals surface area contributed by atoms with Crippen LogP contribution in [0.4, 0.5) is 0 Å². The highest BCUT2D eigenvalue weighted by Crippen LogP contribution is 2.34. The Hall–Kier alpha value is -1.36. The van der Waals surface area contributed by atoms with Crippen LogP contribution < -0.4 is 5.32 Å². The van der Waals surface area contributed by atoms with Crippen molar-refractivity contribution >= 4 is 23.2 Å². The average Bonchev–Trinajstić information content (AvgIpc) is 2.71. The monoisotopic (exact) mass is 267 g/mol. The largest absolute Gasteiger partial charge is 0.481 e. The number of aryl methyl sites for hydroxylation is 1. The zero-order chi connectivity index (χ0) is 13.1. The van der Waals surface area contributed by atoms with Crippen molar-refractivity contribution in [1.82, 2.24) is 5.32 Å². The number of carboxylic acids is 1. The lowest BCUT2D eigenvalue weighted by atomic mass is 9.73. The van der Waals surface area contributed by atoms with Crippen molar-refractivity contribution < 1.29 is 14.7 Å². The Morgan fingerprint density at radius 1 is 1.33 bits per heavy atom. The molecule has 18 heavy (non-hydrogen) atoms. The molecule has 5 heteroatoms. The second kappa shape index (κ2) is 5.52. The molecule has 0 aliphatic heterocycles. The smallest absolute Gasteiger partial charge is 0.307 e. The van der Waals surface area contributed by atoms with Gasteiger partial charge in [-0.1, -0.05) is 6.92 Å². The molecule has 2 atom stereocenters. The maximum atomic E-state index is 11.8. The Balaban J connectivity index is 1.83. The summed E-state index contributed by atoms with van der Waals surface area (Å²) >= 11 is 1.69. The minimum Gasteiger partial charge on any atom is -0.481 e. The molecular formula is C13H17NO3S. The maximum Gasteiger partial charge on any atom is 0.307 e. The van der Waals surface area contributed by atoms with Gasteiger partial charge in [0.15, 0.2) is 0 Å². The van der Waals surface area contributed by atoms with E-state index < -0.39 is 11.9 Å². The number of carbonyl (C=O) groups is 2. The normalized spacial score (nSPS) is 22.3. The van der Waals surface area contributed by atoms with Crippen LogP contribution in [0.3, 0.4) is 0 Å². The van der Waals surface area contributed by atoms with Gasteiger partial charge in [0.25, 0.3) is 0 Å². The topological polar surface area (TPSA) is 66.4 Å². The van der Waals surface area contributed by atoms with Crippen molar-refractivity contribution in [3.05, 3.63) is 21.9 Å². The number of amides is 1. The minimum absolute atomic E-state index is 0.125. The fourth-order valence-electron chi connectivity index (χ4n) is 2.12. The fraction of sp³-hybridized carbons (Fsp3) is 0.538. The van der Waals surface area contributed by atoms with Crippen molar-refractivity contribution in [2.24, 2.45) is 11.8 Å². The first-order chi connectivity index (χ1) is 8.61. The van der Waals surface area contributed by atoms with E-state index in [1.165, 1.54) is 4.88 Å². The van der Waals surface area contributed by atoms with Crippen LogP contribution in [-0.4, -0.2) is 17.0 Å². The summed E-state index contributed by atoms with van der Waals surface area (Å²) in [5, 5.41) is 11.7. The summed E-state index contributed by atoms with van der Waals surface area (Å²) in [6.45, 7) is 2.60. The second-order valence-electron chi connectivity index (χ2n) is 4.57. The summed E-state index contributed by atoms with van der Waals surface area (Å²) in [5.74, 6) is -1.81. The number of hydrogen-bond acceptors (Lipinski definition) is 3. The molecule has 98 valence electrons. The highest BCUT2D eigenvalue weighted by atomic mass is 32.1. The zero-order valence-electron chi connectivity index (χ0n) is 10.3. The SMILES string of the molecule is CCc1ccc(CNC(=O)C2CCC2C(=O)O)s1. The van der Waals surface area contributed by atoms with Crippen molar-refractivity contribution in [2.45, 2.75) is 32.7 Å². The third kappa shape index (κ3) is 2.72. The van der Waals surface area contributed by atoms with Crippen LogP contribution in [0.2, 0.25) is 0 Å². The molecule has 2 rings (SSSR count). The second-order valence-corrected chi connectivity index (χ2v) is 5.82. The van der Waals surface area contributed by atoms with Crippen LogP contribution in [0.1, 0.15) is 29.5 Å². The van der Waals surface area contributed by atoms with Gasteiger partial charge < -0.3 is 10.4 Å². The summed E-state index contributed by atoms with van der Waals surface area (Å²) in [7, 11) is 0. The number of aliphatic carboxylic acids is 1. The van der Waals surface area contributed by atoms with E-state index in [1.54, 1.807) is 11.3 Å². The quantitative estimate of drug-likeness (QED) is 0.858. The molecule has 1 saturated carbocycles. The van der Waals surface area contributed by atoms with E-state index in [0.29, 0.717) is 19.4 Å². The van der Waals surface area contributed by atoms with Gasteiger partial charge in [-0.05, 0) is 31.4 Å². The summed E-state index contributed by atoms with van der Waals surface area (Å²) in [6.07, 6.45) is 2.31. The molecule has 0 saturated heterocycles. The number of thiophene rings is 1. The summed E-state index contributed by atoms with van der Waals surface area (Å²) in [5.41, 5.74) is 0. The summed E-state index contributed by atoms with van der Waals surface area (Å²) < 4.78 is 0. The van der Waals surface area contributed by atoms with Gasteiger partial charge in [-0.2, -0.15) is 0 Å². The fourth-order valence-corrected chi connectivity index (χ4v) is 3.02. The standard InChI is InChI=1S/C13H17NO3S/c1-2-8-3-4-9(18-8)7-14-12(15)10-5-6-11(10)13(16)17/h3-4,10-11H,2,5-7H2,1H3,(H,14,15)(H,16,17). The molecule has 1 fully saturated rings. The van der Waals surface area contributed by atoms with E-state index in [4.69, 9.17) is 5.11 Å². The molecule has 0 spiro atoms. The van der Waals surface area contributed by atoms with Crippen molar-refractivity contribution in [3.63, 3.8) is 0 Å². The van der Waals surface area contributed by atoms with Crippen molar-refractivity contribution in [1.29, 1.82) is 0 Å². The van der Waals surface area contributed by atoms with E-state index in [1.807, 2.05) is 6.07 Å². The lowest BCUT2D eigenvalue weighted by molar-refractivity contribution is -0.152. The molecule has 4 nitrogen and oxygen atoms in total. The molecule has 0 radical (unpaired) electrons. The minimum atomic E-state index is -0.856. The van der Waals surface area contributed by atoms with E-state index >= 15 is 0 Å². The first kappa shape index (κ1) is 13.1. The van der Waals surface area contributed by atoms with Gasteiger partial charge in [-0.15, -0.1) is 11.3 Å². The predicted octanol–water partition coefficient (Wildman–Crippen LogP) is 2.04. The third-order valence-corrected chi connectivity index (χ3v) is 4.66. The number of nitrogens with one attached hydrogen (secondary N) is 1. The number of carbonyl (C=O) groups excluding carboxylic acids is 1. The molecule has 1 heterocycles. The lowest BCUT2D eigenvalue weighted by Crippen LogP contribution is -2.43. The molecule has 1 aliphatic carbocycles. The van der Waals surface area contributed by atoms with Crippen LogP contribution in [-0.2, 0) is 22.6 Å².